The Morgan fingerprint density at radius 1 is 1.29 bits per heavy atom. The number of hydrogen-bond acceptors (Lipinski definition) is 5. The number of ether oxygens (including phenoxy) is 2. The molecule has 3 rings (SSSR count). The number of nitrogens with zero attached hydrogens (tertiary/aromatic N) is 3. The number of likely N-dealkylation sites (tertiary alicyclic amines) is 1. The highest BCUT2D eigenvalue weighted by Gasteiger charge is 2.28. The fourth-order valence-electron chi connectivity index (χ4n) is 4.13. The Kier molecular flexibility index (Phi) is 11.3. The molecule has 7 nitrogen and oxygen atoms in total. The number of benzene rings is 1. The van der Waals surface area contributed by atoms with Crippen LogP contribution < -0.4 is 5.32 Å². The van der Waals surface area contributed by atoms with E-state index in [9.17, 15) is 4.79 Å². The lowest BCUT2D eigenvalue weighted by molar-refractivity contribution is -0.146. The second kappa shape index (κ2) is 13.4. The molecule has 0 bridgehead atoms. The molecule has 0 spiro atoms. The summed E-state index contributed by atoms with van der Waals surface area (Å²) in [6.45, 7) is 8.35. The number of aliphatic imine (C=N–C) groups is 1. The Hall–Kier alpha value is -1.10. The van der Waals surface area contributed by atoms with E-state index in [2.05, 4.69) is 28.1 Å². The Balaban J connectivity index is 0.00000341. The Labute approximate surface area is 207 Å². The number of guanidine groups is 1. The summed E-state index contributed by atoms with van der Waals surface area (Å²) in [6.07, 6.45) is 1.58. The van der Waals surface area contributed by atoms with Crippen LogP contribution in [0.25, 0.3) is 0 Å². The fraction of sp³-hybridized carbons (Fsp3) is 0.636. The second-order valence-corrected chi connectivity index (χ2v) is 8.13. The van der Waals surface area contributed by atoms with Gasteiger partial charge in [-0.15, -0.1) is 24.0 Å². The van der Waals surface area contributed by atoms with Gasteiger partial charge in [0.25, 0.3) is 0 Å². The molecule has 0 amide bonds. The van der Waals surface area contributed by atoms with Crippen LogP contribution >= 0.6 is 35.6 Å². The minimum Gasteiger partial charge on any atom is -0.469 e. The summed E-state index contributed by atoms with van der Waals surface area (Å²) in [5.74, 6) is 0.785. The first-order chi connectivity index (χ1) is 14.6. The lowest BCUT2D eigenvalue weighted by Gasteiger charge is -2.36. The highest BCUT2D eigenvalue weighted by molar-refractivity contribution is 14.0. The number of rotatable bonds is 6. The van der Waals surface area contributed by atoms with Crippen LogP contribution in [0.4, 0.5) is 0 Å². The number of carbonyl (C=O) groups excluding carboxylic acids is 1. The molecular weight excluding hydrogens is 531 g/mol. The maximum atomic E-state index is 11.8. The lowest BCUT2D eigenvalue weighted by Crippen LogP contribution is -2.47. The molecule has 1 atom stereocenters. The summed E-state index contributed by atoms with van der Waals surface area (Å²) in [5, 5.41) is 4.16. The van der Waals surface area contributed by atoms with Crippen LogP contribution in [0.15, 0.2) is 29.3 Å². The first-order valence-electron chi connectivity index (χ1n) is 10.8. The van der Waals surface area contributed by atoms with E-state index in [0.29, 0.717) is 6.54 Å². The van der Waals surface area contributed by atoms with E-state index in [1.165, 1.54) is 12.7 Å². The minimum atomic E-state index is -0.107. The molecular formula is C22H34ClIN4O3. The molecule has 0 aliphatic carbocycles. The first-order valence-corrected chi connectivity index (χ1v) is 11.2. The van der Waals surface area contributed by atoms with E-state index in [4.69, 9.17) is 26.1 Å². The molecule has 2 aliphatic rings. The average Bonchev–Trinajstić information content (AvgIpc) is 2.79. The lowest BCUT2D eigenvalue weighted by atomic mass is 9.97. The number of carbonyl (C=O) groups is 1. The molecule has 174 valence electrons. The maximum Gasteiger partial charge on any atom is 0.308 e. The van der Waals surface area contributed by atoms with Crippen LogP contribution in [0.5, 0.6) is 0 Å². The molecule has 1 aromatic rings. The molecule has 1 aromatic carbocycles. The third-order valence-electron chi connectivity index (χ3n) is 5.80. The van der Waals surface area contributed by atoms with Gasteiger partial charge in [-0.2, -0.15) is 0 Å². The van der Waals surface area contributed by atoms with E-state index in [-0.39, 0.29) is 41.9 Å². The van der Waals surface area contributed by atoms with Crippen molar-refractivity contribution in [3.05, 3.63) is 34.9 Å². The molecule has 9 heteroatoms. The Morgan fingerprint density at radius 3 is 2.61 bits per heavy atom. The van der Waals surface area contributed by atoms with Gasteiger partial charge in [-0.3, -0.25) is 14.7 Å². The van der Waals surface area contributed by atoms with Crippen molar-refractivity contribution < 1.29 is 14.3 Å². The number of piperidine rings is 1. The molecule has 2 aliphatic heterocycles. The van der Waals surface area contributed by atoms with Gasteiger partial charge in [-0.25, -0.2) is 0 Å². The van der Waals surface area contributed by atoms with Gasteiger partial charge in [0.1, 0.15) is 0 Å². The van der Waals surface area contributed by atoms with Crippen LogP contribution in [-0.4, -0.2) is 81.3 Å². The highest BCUT2D eigenvalue weighted by atomic mass is 127. The van der Waals surface area contributed by atoms with Gasteiger partial charge in [0.15, 0.2) is 5.96 Å². The molecule has 0 saturated carbocycles. The van der Waals surface area contributed by atoms with Gasteiger partial charge < -0.3 is 19.7 Å². The second-order valence-electron chi connectivity index (χ2n) is 7.70. The van der Waals surface area contributed by atoms with Crippen molar-refractivity contribution >= 4 is 47.5 Å². The monoisotopic (exact) mass is 564 g/mol. The van der Waals surface area contributed by atoms with E-state index in [0.717, 1.165) is 69.8 Å². The maximum absolute atomic E-state index is 11.8. The van der Waals surface area contributed by atoms with Crippen molar-refractivity contribution in [2.24, 2.45) is 10.9 Å². The van der Waals surface area contributed by atoms with E-state index < -0.39 is 0 Å². The summed E-state index contributed by atoms with van der Waals surface area (Å²) in [7, 11) is 1.46. The zero-order chi connectivity index (χ0) is 21.3. The quantitative estimate of drug-likeness (QED) is 0.248. The first kappa shape index (κ1) is 26.2. The molecule has 2 saturated heterocycles. The molecule has 0 radical (unpaired) electrons. The zero-order valence-electron chi connectivity index (χ0n) is 18.4. The number of hydrogen-bond donors (Lipinski definition) is 1. The summed E-state index contributed by atoms with van der Waals surface area (Å²) < 4.78 is 10.5. The van der Waals surface area contributed by atoms with Crippen LogP contribution in [0, 0.1) is 5.92 Å². The van der Waals surface area contributed by atoms with Crippen molar-refractivity contribution in [2.75, 3.05) is 59.6 Å². The third-order valence-corrected chi connectivity index (χ3v) is 6.03. The fourth-order valence-corrected chi connectivity index (χ4v) is 4.33. The van der Waals surface area contributed by atoms with Crippen molar-refractivity contribution in [2.45, 2.75) is 25.8 Å². The smallest absolute Gasteiger partial charge is 0.308 e. The number of esters is 1. The normalized spacial score (nSPS) is 19.5. The van der Waals surface area contributed by atoms with Crippen LogP contribution in [0.3, 0.4) is 0 Å². The molecule has 0 aromatic heterocycles. The van der Waals surface area contributed by atoms with Crippen molar-refractivity contribution in [1.82, 2.24) is 15.1 Å². The van der Waals surface area contributed by atoms with Crippen LogP contribution in [-0.2, 0) is 14.3 Å². The summed E-state index contributed by atoms with van der Waals surface area (Å²) in [6, 6.07) is 8.20. The molecule has 2 heterocycles. The van der Waals surface area contributed by atoms with Crippen molar-refractivity contribution in [3.63, 3.8) is 0 Å². The van der Waals surface area contributed by atoms with Gasteiger partial charge in [0, 0.05) is 37.7 Å². The number of methoxy groups -OCH3 is 1. The SMILES string of the molecule is CCNC(=NCC(c1cccc(Cl)c1)N1CCOCC1)N1CCC(C(=O)OC)CC1.I. The van der Waals surface area contributed by atoms with Gasteiger partial charge in [0.2, 0.25) is 0 Å². The number of halogens is 2. The van der Waals surface area contributed by atoms with Gasteiger partial charge in [-0.1, -0.05) is 23.7 Å². The Morgan fingerprint density at radius 2 is 2.00 bits per heavy atom. The van der Waals surface area contributed by atoms with Gasteiger partial charge in [-0.05, 0) is 37.5 Å². The average molecular weight is 565 g/mol. The van der Waals surface area contributed by atoms with Crippen LogP contribution in [0.1, 0.15) is 31.4 Å². The number of nitrogens with one attached hydrogen (secondary N) is 1. The minimum absolute atomic E-state index is 0. The summed E-state index contributed by atoms with van der Waals surface area (Å²) in [4.78, 5) is 21.5. The summed E-state index contributed by atoms with van der Waals surface area (Å²) >= 11 is 6.28. The van der Waals surface area contributed by atoms with E-state index in [1.54, 1.807) is 0 Å². The van der Waals surface area contributed by atoms with Crippen molar-refractivity contribution in [3.8, 4) is 0 Å². The molecule has 1 N–H and O–H groups in total. The van der Waals surface area contributed by atoms with Gasteiger partial charge >= 0.3 is 5.97 Å². The Bertz CT molecular complexity index is 722. The molecule has 2 fully saturated rings. The molecule has 31 heavy (non-hydrogen) atoms. The largest absolute Gasteiger partial charge is 0.469 e. The third kappa shape index (κ3) is 7.47. The van der Waals surface area contributed by atoms with E-state index >= 15 is 0 Å². The zero-order valence-corrected chi connectivity index (χ0v) is 21.5. The molecule has 1 unspecified atom stereocenters. The highest BCUT2D eigenvalue weighted by Crippen LogP contribution is 2.25. The standard InChI is InChI=1S/C22H33ClN4O3.HI/c1-3-24-22(27-9-7-17(8-10-27)21(28)29-2)25-16-20(26-11-13-30-14-12-26)18-5-4-6-19(23)15-18;/h4-6,15,17,20H,3,7-14,16H2,1-2H3,(H,24,25);1H. The summed E-state index contributed by atoms with van der Waals surface area (Å²) in [5.41, 5.74) is 1.17. The van der Waals surface area contributed by atoms with Gasteiger partial charge in [0.05, 0.1) is 38.8 Å². The van der Waals surface area contributed by atoms with E-state index in [1.807, 2.05) is 18.2 Å². The number of morpholine rings is 1. The van der Waals surface area contributed by atoms with Crippen LogP contribution in [0.2, 0.25) is 5.02 Å². The predicted octanol–water partition coefficient (Wildman–Crippen LogP) is 3.18. The topological polar surface area (TPSA) is 66.4 Å². The van der Waals surface area contributed by atoms with Crippen molar-refractivity contribution in [1.29, 1.82) is 0 Å². The predicted molar refractivity (Wildman–Crippen MR) is 134 cm³/mol.